The van der Waals surface area contributed by atoms with Crippen molar-refractivity contribution in [2.75, 3.05) is 13.6 Å². The number of aliphatic imine (C=N–C) groups is 1. The van der Waals surface area contributed by atoms with Crippen LogP contribution < -0.4 is 10.6 Å². The molecule has 0 unspecified atom stereocenters. The van der Waals surface area contributed by atoms with Crippen molar-refractivity contribution in [3.8, 4) is 0 Å². The Kier molecular flexibility index (Phi) is 5.02. The number of nitrogens with zero attached hydrogens (tertiary/aromatic N) is 2. The first-order valence-electron chi connectivity index (χ1n) is 7.74. The number of benzene rings is 1. The lowest BCUT2D eigenvalue weighted by Gasteiger charge is -2.20. The summed E-state index contributed by atoms with van der Waals surface area (Å²) in [5, 5.41) is 7.93. The number of thiazole rings is 1. The smallest absolute Gasteiger partial charge is 0.191 e. The topological polar surface area (TPSA) is 49.3 Å². The summed E-state index contributed by atoms with van der Waals surface area (Å²) < 4.78 is 1.20. The molecule has 1 heterocycles. The van der Waals surface area contributed by atoms with Crippen LogP contribution in [0, 0.1) is 6.92 Å². The summed E-state index contributed by atoms with van der Waals surface area (Å²) in [6.07, 6.45) is 4.35. The largest absolute Gasteiger partial charge is 0.356 e. The van der Waals surface area contributed by atoms with E-state index in [0.29, 0.717) is 0 Å². The van der Waals surface area contributed by atoms with Gasteiger partial charge in [-0.25, -0.2) is 4.98 Å². The van der Waals surface area contributed by atoms with Gasteiger partial charge < -0.3 is 10.6 Å². The van der Waals surface area contributed by atoms with Gasteiger partial charge in [0.15, 0.2) is 5.96 Å². The van der Waals surface area contributed by atoms with E-state index >= 15 is 0 Å². The van der Waals surface area contributed by atoms with Gasteiger partial charge in [-0.1, -0.05) is 34.1 Å². The molecule has 0 atom stereocenters. The van der Waals surface area contributed by atoms with Crippen LogP contribution in [0.5, 0.6) is 0 Å². The third-order valence-electron chi connectivity index (χ3n) is 4.22. The van der Waals surface area contributed by atoms with Gasteiger partial charge in [-0.15, -0.1) is 11.3 Å². The molecule has 0 radical (unpaired) electrons. The van der Waals surface area contributed by atoms with Gasteiger partial charge in [-0.3, -0.25) is 4.99 Å². The molecule has 4 nitrogen and oxygen atoms in total. The van der Waals surface area contributed by atoms with Gasteiger partial charge in [-0.2, -0.15) is 0 Å². The van der Waals surface area contributed by atoms with E-state index in [1.807, 2.05) is 20.2 Å². The van der Waals surface area contributed by atoms with E-state index in [2.05, 4.69) is 60.8 Å². The Labute approximate surface area is 149 Å². The minimum Gasteiger partial charge on any atom is -0.356 e. The second-order valence-corrected chi connectivity index (χ2v) is 8.06. The van der Waals surface area contributed by atoms with Crippen LogP contribution in [0.4, 0.5) is 0 Å². The van der Waals surface area contributed by atoms with E-state index < -0.39 is 0 Å². The highest BCUT2D eigenvalue weighted by Crippen LogP contribution is 2.49. The normalized spacial score (nSPS) is 16.2. The monoisotopic (exact) mass is 392 g/mol. The maximum absolute atomic E-state index is 4.32. The van der Waals surface area contributed by atoms with E-state index in [-0.39, 0.29) is 5.41 Å². The molecule has 1 aromatic carbocycles. The fourth-order valence-corrected chi connectivity index (χ4v) is 4.15. The summed E-state index contributed by atoms with van der Waals surface area (Å²) in [7, 11) is 1.81. The van der Waals surface area contributed by atoms with Crippen molar-refractivity contribution in [3.63, 3.8) is 0 Å². The van der Waals surface area contributed by atoms with Gasteiger partial charge in [0, 0.05) is 34.6 Å². The summed E-state index contributed by atoms with van der Waals surface area (Å²) >= 11 is 5.39. The predicted molar refractivity (Wildman–Crippen MR) is 100 cm³/mol. The van der Waals surface area contributed by atoms with E-state index in [0.717, 1.165) is 24.1 Å². The highest BCUT2D eigenvalue weighted by molar-refractivity contribution is 9.10. The Hall–Kier alpha value is -1.40. The van der Waals surface area contributed by atoms with Crippen molar-refractivity contribution in [1.82, 2.24) is 15.6 Å². The summed E-state index contributed by atoms with van der Waals surface area (Å²) in [6.45, 7) is 3.68. The minimum absolute atomic E-state index is 0.235. The van der Waals surface area contributed by atoms with Crippen LogP contribution >= 0.6 is 27.3 Å². The summed E-state index contributed by atoms with van der Waals surface area (Å²) in [5.41, 5.74) is 1.62. The zero-order chi connectivity index (χ0) is 16.3. The zero-order valence-electron chi connectivity index (χ0n) is 13.4. The second-order valence-electron chi connectivity index (χ2n) is 5.89. The van der Waals surface area contributed by atoms with E-state index in [1.165, 1.54) is 27.8 Å². The molecular weight excluding hydrogens is 372 g/mol. The lowest BCUT2D eigenvalue weighted by molar-refractivity contribution is 0.643. The first-order chi connectivity index (χ1) is 11.1. The quantitative estimate of drug-likeness (QED) is 0.603. The van der Waals surface area contributed by atoms with Crippen LogP contribution in [0.3, 0.4) is 0 Å². The van der Waals surface area contributed by atoms with Gasteiger partial charge >= 0.3 is 0 Å². The summed E-state index contributed by atoms with van der Waals surface area (Å²) in [5.74, 6) is 0.842. The molecule has 1 aromatic heterocycles. The molecule has 1 aliphatic rings. The zero-order valence-corrected chi connectivity index (χ0v) is 15.8. The van der Waals surface area contributed by atoms with Crippen molar-refractivity contribution in [2.45, 2.75) is 31.7 Å². The van der Waals surface area contributed by atoms with Gasteiger partial charge in [0.25, 0.3) is 0 Å². The van der Waals surface area contributed by atoms with Crippen LogP contribution in [-0.4, -0.2) is 24.5 Å². The van der Waals surface area contributed by atoms with Crippen molar-refractivity contribution < 1.29 is 0 Å². The Bertz CT molecular complexity index is 706. The molecule has 1 fully saturated rings. The van der Waals surface area contributed by atoms with Crippen LogP contribution in [0.25, 0.3) is 0 Å². The maximum atomic E-state index is 4.32. The van der Waals surface area contributed by atoms with Crippen molar-refractivity contribution in [2.24, 2.45) is 4.99 Å². The summed E-state index contributed by atoms with van der Waals surface area (Å²) in [6, 6.07) is 8.51. The van der Waals surface area contributed by atoms with Gasteiger partial charge in [0.2, 0.25) is 0 Å². The molecule has 1 saturated carbocycles. The Morgan fingerprint density at radius 2 is 2.13 bits per heavy atom. The first kappa shape index (κ1) is 16.5. The number of halogens is 1. The van der Waals surface area contributed by atoms with Crippen LogP contribution in [0.15, 0.2) is 39.9 Å². The maximum Gasteiger partial charge on any atom is 0.191 e. The predicted octanol–water partition coefficient (Wildman–Crippen LogP) is 3.61. The molecule has 0 aliphatic heterocycles. The number of rotatable bonds is 5. The van der Waals surface area contributed by atoms with Crippen LogP contribution in [0.1, 0.15) is 28.3 Å². The van der Waals surface area contributed by atoms with Crippen molar-refractivity contribution >= 4 is 33.2 Å². The molecule has 0 bridgehead atoms. The number of guanidine groups is 1. The van der Waals surface area contributed by atoms with E-state index in [4.69, 9.17) is 0 Å². The Morgan fingerprint density at radius 3 is 2.74 bits per heavy atom. The molecule has 0 saturated heterocycles. The average Bonchev–Trinajstić information content (AvgIpc) is 3.22. The molecule has 0 amide bonds. The Morgan fingerprint density at radius 1 is 1.35 bits per heavy atom. The molecule has 122 valence electrons. The number of hydrogen-bond acceptors (Lipinski definition) is 3. The third-order valence-corrected chi connectivity index (χ3v) is 5.82. The molecule has 23 heavy (non-hydrogen) atoms. The SMILES string of the molecule is CN=C(NCc1cnc(C)s1)NCC1(c2ccccc2Br)CC1. The van der Waals surface area contributed by atoms with Crippen molar-refractivity contribution in [3.05, 3.63) is 50.4 Å². The number of aromatic nitrogens is 1. The highest BCUT2D eigenvalue weighted by atomic mass is 79.9. The number of hydrogen-bond donors (Lipinski definition) is 2. The fourth-order valence-electron chi connectivity index (χ4n) is 2.71. The minimum atomic E-state index is 0.235. The van der Waals surface area contributed by atoms with Crippen LogP contribution in [0.2, 0.25) is 0 Å². The van der Waals surface area contributed by atoms with E-state index in [9.17, 15) is 0 Å². The lowest BCUT2D eigenvalue weighted by atomic mass is 9.96. The molecule has 3 rings (SSSR count). The van der Waals surface area contributed by atoms with Gasteiger partial charge in [0.05, 0.1) is 11.6 Å². The molecule has 0 spiro atoms. The van der Waals surface area contributed by atoms with E-state index in [1.54, 1.807) is 11.3 Å². The number of nitrogens with one attached hydrogen (secondary N) is 2. The van der Waals surface area contributed by atoms with Gasteiger partial charge in [0.1, 0.15) is 0 Å². The standard InChI is InChI=1S/C17H21BrN4S/c1-12-20-9-13(23-12)10-21-16(19-2)22-11-17(7-8-17)14-5-3-4-6-15(14)18/h3-6,9H,7-8,10-11H2,1-2H3,(H2,19,21,22). The van der Waals surface area contributed by atoms with Gasteiger partial charge in [-0.05, 0) is 31.4 Å². The highest BCUT2D eigenvalue weighted by Gasteiger charge is 2.45. The number of aryl methyl sites for hydroxylation is 1. The molecular formula is C17H21BrN4S. The van der Waals surface area contributed by atoms with Crippen LogP contribution in [-0.2, 0) is 12.0 Å². The fraction of sp³-hybridized carbons (Fsp3) is 0.412. The van der Waals surface area contributed by atoms with Crippen molar-refractivity contribution in [1.29, 1.82) is 0 Å². The second kappa shape index (κ2) is 7.01. The third kappa shape index (κ3) is 3.93. The molecule has 6 heteroatoms. The Balaban J connectivity index is 1.57. The molecule has 2 aromatic rings. The average molecular weight is 393 g/mol. The molecule has 1 aliphatic carbocycles. The molecule has 2 N–H and O–H groups in total. The summed E-state index contributed by atoms with van der Waals surface area (Å²) in [4.78, 5) is 9.82. The lowest BCUT2D eigenvalue weighted by Crippen LogP contribution is -2.40. The first-order valence-corrected chi connectivity index (χ1v) is 9.35.